The summed E-state index contributed by atoms with van der Waals surface area (Å²) in [6.07, 6.45) is 17.5. The molecule has 0 saturated carbocycles. The molecule has 164 valence electrons. The highest BCUT2D eigenvalue weighted by Gasteiger charge is 2.29. The second-order valence-corrected chi connectivity index (χ2v) is 7.46. The molecule has 6 nitrogen and oxygen atoms in total. The fraction of sp³-hybridized carbons (Fsp3) is 0.818. The number of carboxylic acid groups (broad SMARTS) is 1. The van der Waals surface area contributed by atoms with E-state index in [1.165, 1.54) is 64.2 Å². The van der Waals surface area contributed by atoms with E-state index in [0.717, 1.165) is 25.7 Å². The lowest BCUT2D eigenvalue weighted by atomic mass is 10.1. The van der Waals surface area contributed by atoms with E-state index in [-0.39, 0.29) is 0 Å². The van der Waals surface area contributed by atoms with E-state index in [0.29, 0.717) is 6.54 Å². The highest BCUT2D eigenvalue weighted by atomic mass is 16.4. The molecule has 2 unspecified atom stereocenters. The van der Waals surface area contributed by atoms with Crippen LogP contribution >= 0.6 is 0 Å². The molecule has 0 heterocycles. The number of hydrogen-bond acceptors (Lipinski definition) is 4. The zero-order chi connectivity index (χ0) is 21.0. The molecule has 0 aromatic rings. The second-order valence-electron chi connectivity index (χ2n) is 7.46. The number of nitrogens with one attached hydrogen (secondary N) is 1. The SMILES string of the molecule is CCCCCCCC/C=C\CCCCCCCCNC(=O)C(O)C(O)C(=O)O. The monoisotopic (exact) mass is 399 g/mol. The summed E-state index contributed by atoms with van der Waals surface area (Å²) in [6.45, 7) is 2.62. The Hall–Kier alpha value is -1.40. The van der Waals surface area contributed by atoms with Crippen molar-refractivity contribution in [1.29, 1.82) is 0 Å². The first kappa shape index (κ1) is 26.6. The fourth-order valence-corrected chi connectivity index (χ4v) is 2.97. The van der Waals surface area contributed by atoms with Crippen molar-refractivity contribution in [2.75, 3.05) is 6.54 Å². The van der Waals surface area contributed by atoms with Crippen LogP contribution in [0.15, 0.2) is 12.2 Å². The molecule has 1 amide bonds. The van der Waals surface area contributed by atoms with E-state index in [4.69, 9.17) is 10.2 Å². The molecule has 4 N–H and O–H groups in total. The highest BCUT2D eigenvalue weighted by molar-refractivity contribution is 5.87. The Balaban J connectivity index is 3.36. The first-order chi connectivity index (χ1) is 13.5. The summed E-state index contributed by atoms with van der Waals surface area (Å²) in [5.41, 5.74) is 0. The summed E-state index contributed by atoms with van der Waals surface area (Å²) in [5.74, 6) is -2.46. The van der Waals surface area contributed by atoms with Gasteiger partial charge in [0.2, 0.25) is 0 Å². The number of allylic oxidation sites excluding steroid dienone is 2. The first-order valence-corrected chi connectivity index (χ1v) is 11.0. The van der Waals surface area contributed by atoms with E-state index < -0.39 is 24.1 Å². The second kappa shape index (κ2) is 18.9. The average Bonchev–Trinajstić information content (AvgIpc) is 2.68. The molecular formula is C22H41NO5. The van der Waals surface area contributed by atoms with Gasteiger partial charge in [0.25, 0.3) is 5.91 Å². The van der Waals surface area contributed by atoms with Gasteiger partial charge in [-0.2, -0.15) is 0 Å². The van der Waals surface area contributed by atoms with Gasteiger partial charge in [0.1, 0.15) is 0 Å². The standard InChI is InChI=1S/C22H41NO5/c1-2-3-4-5-6-7-8-9-10-11-12-13-14-15-16-17-18-23-21(26)19(24)20(25)22(27)28/h9-10,19-20,24-25H,2-8,11-18H2,1H3,(H,23,26)(H,27,28)/b10-9-. The third kappa shape index (κ3) is 15.6. The molecule has 0 spiro atoms. The third-order valence-corrected chi connectivity index (χ3v) is 4.81. The molecule has 0 fully saturated rings. The number of amides is 1. The molecule has 0 aliphatic rings. The van der Waals surface area contributed by atoms with Gasteiger partial charge in [-0.05, 0) is 32.1 Å². The minimum absolute atomic E-state index is 0.378. The number of aliphatic hydroxyl groups excluding tert-OH is 2. The lowest BCUT2D eigenvalue weighted by molar-refractivity contribution is -0.158. The quantitative estimate of drug-likeness (QED) is 0.194. The zero-order valence-electron chi connectivity index (χ0n) is 17.6. The van der Waals surface area contributed by atoms with Gasteiger partial charge in [-0.3, -0.25) is 4.79 Å². The van der Waals surface area contributed by atoms with Crippen LogP contribution in [0.1, 0.15) is 96.8 Å². The summed E-state index contributed by atoms with van der Waals surface area (Å²) < 4.78 is 0. The lowest BCUT2D eigenvalue weighted by Gasteiger charge is -2.13. The molecule has 0 saturated heterocycles. The summed E-state index contributed by atoms with van der Waals surface area (Å²) in [4.78, 5) is 21.9. The summed E-state index contributed by atoms with van der Waals surface area (Å²) in [7, 11) is 0. The van der Waals surface area contributed by atoms with Gasteiger partial charge >= 0.3 is 5.97 Å². The molecule has 6 heteroatoms. The Morgan fingerprint density at radius 3 is 1.71 bits per heavy atom. The van der Waals surface area contributed by atoms with Gasteiger partial charge in [-0.1, -0.05) is 76.9 Å². The van der Waals surface area contributed by atoms with Crippen molar-refractivity contribution in [3.63, 3.8) is 0 Å². The fourth-order valence-electron chi connectivity index (χ4n) is 2.97. The molecule has 0 aliphatic heterocycles. The number of hydrogen-bond donors (Lipinski definition) is 4. The normalized spacial score (nSPS) is 13.5. The summed E-state index contributed by atoms with van der Waals surface area (Å²) >= 11 is 0. The predicted molar refractivity (Wildman–Crippen MR) is 112 cm³/mol. The maximum Gasteiger partial charge on any atom is 0.335 e. The van der Waals surface area contributed by atoms with E-state index in [1.54, 1.807) is 0 Å². The van der Waals surface area contributed by atoms with Crippen molar-refractivity contribution in [2.24, 2.45) is 0 Å². The minimum Gasteiger partial charge on any atom is -0.479 e. The van der Waals surface area contributed by atoms with Crippen LogP contribution in [0.3, 0.4) is 0 Å². The molecule has 0 radical (unpaired) electrons. The first-order valence-electron chi connectivity index (χ1n) is 11.0. The van der Waals surface area contributed by atoms with Crippen molar-refractivity contribution >= 4 is 11.9 Å². The van der Waals surface area contributed by atoms with Gasteiger partial charge in [0, 0.05) is 6.54 Å². The van der Waals surface area contributed by atoms with Crippen LogP contribution in [0.5, 0.6) is 0 Å². The average molecular weight is 400 g/mol. The van der Waals surface area contributed by atoms with Crippen LogP contribution in [0, 0.1) is 0 Å². The number of carbonyl (C=O) groups excluding carboxylic acids is 1. The Morgan fingerprint density at radius 1 is 0.750 bits per heavy atom. The molecular weight excluding hydrogens is 358 g/mol. The molecule has 28 heavy (non-hydrogen) atoms. The van der Waals surface area contributed by atoms with E-state index in [1.807, 2.05) is 0 Å². The molecule has 0 aromatic carbocycles. The maximum absolute atomic E-state index is 11.5. The third-order valence-electron chi connectivity index (χ3n) is 4.81. The molecule has 0 aliphatic carbocycles. The minimum atomic E-state index is -2.08. The predicted octanol–water partition coefficient (Wildman–Crippen LogP) is 3.95. The molecule has 0 rings (SSSR count). The number of carbonyl (C=O) groups is 2. The number of rotatable bonds is 19. The zero-order valence-corrected chi connectivity index (χ0v) is 17.6. The van der Waals surface area contributed by atoms with Crippen molar-refractivity contribution < 1.29 is 24.9 Å². The Bertz CT molecular complexity index is 425. The topological polar surface area (TPSA) is 107 Å². The number of carboxylic acids is 1. The molecule has 2 atom stereocenters. The summed E-state index contributed by atoms with van der Waals surface area (Å²) in [5, 5.41) is 29.4. The number of aliphatic hydroxyl groups is 2. The summed E-state index contributed by atoms with van der Waals surface area (Å²) in [6, 6.07) is 0. The van der Waals surface area contributed by atoms with Crippen LogP contribution < -0.4 is 5.32 Å². The van der Waals surface area contributed by atoms with Crippen molar-refractivity contribution in [3.05, 3.63) is 12.2 Å². The van der Waals surface area contributed by atoms with Crippen LogP contribution in [0.4, 0.5) is 0 Å². The Kier molecular flexibility index (Phi) is 18.0. The Morgan fingerprint density at radius 2 is 1.21 bits per heavy atom. The van der Waals surface area contributed by atoms with Gasteiger partial charge in [-0.25, -0.2) is 4.79 Å². The van der Waals surface area contributed by atoms with Crippen LogP contribution in [0.25, 0.3) is 0 Å². The van der Waals surface area contributed by atoms with E-state index in [9.17, 15) is 14.7 Å². The van der Waals surface area contributed by atoms with Crippen LogP contribution in [-0.2, 0) is 9.59 Å². The largest absolute Gasteiger partial charge is 0.479 e. The van der Waals surface area contributed by atoms with Gasteiger partial charge in [-0.15, -0.1) is 0 Å². The smallest absolute Gasteiger partial charge is 0.335 e. The van der Waals surface area contributed by atoms with Crippen LogP contribution in [0.2, 0.25) is 0 Å². The van der Waals surface area contributed by atoms with E-state index >= 15 is 0 Å². The van der Waals surface area contributed by atoms with Crippen molar-refractivity contribution in [3.8, 4) is 0 Å². The van der Waals surface area contributed by atoms with Crippen molar-refractivity contribution in [1.82, 2.24) is 5.32 Å². The Labute approximate surface area is 170 Å². The van der Waals surface area contributed by atoms with Gasteiger partial charge in [0.05, 0.1) is 0 Å². The number of unbranched alkanes of at least 4 members (excludes halogenated alkanes) is 12. The van der Waals surface area contributed by atoms with Crippen molar-refractivity contribution in [2.45, 2.75) is 109 Å². The van der Waals surface area contributed by atoms with Crippen LogP contribution in [-0.4, -0.2) is 45.9 Å². The molecule has 0 bridgehead atoms. The highest BCUT2D eigenvalue weighted by Crippen LogP contribution is 2.09. The lowest BCUT2D eigenvalue weighted by Crippen LogP contribution is -2.45. The molecule has 0 aromatic heterocycles. The van der Waals surface area contributed by atoms with Gasteiger partial charge < -0.3 is 20.6 Å². The van der Waals surface area contributed by atoms with Gasteiger partial charge in [0.15, 0.2) is 12.2 Å². The maximum atomic E-state index is 11.5. The van der Waals surface area contributed by atoms with E-state index in [2.05, 4.69) is 24.4 Å². The number of aliphatic carboxylic acids is 1.